The molecule has 2 N–H and O–H groups in total. The highest BCUT2D eigenvalue weighted by molar-refractivity contribution is 5.36. The summed E-state index contributed by atoms with van der Waals surface area (Å²) in [5, 5.41) is 6.84. The zero-order chi connectivity index (χ0) is 13.0. The van der Waals surface area contributed by atoms with Gasteiger partial charge in [0.1, 0.15) is 0 Å². The van der Waals surface area contributed by atoms with Crippen molar-refractivity contribution in [2.75, 3.05) is 26.2 Å². The lowest BCUT2D eigenvalue weighted by molar-refractivity contribution is 0.0290. The summed E-state index contributed by atoms with van der Waals surface area (Å²) in [6.45, 7) is 11.1. The lowest BCUT2D eigenvalue weighted by Gasteiger charge is -2.24. The lowest BCUT2D eigenvalue weighted by Crippen LogP contribution is -2.43. The minimum Gasteiger partial charge on any atom is -0.374 e. The van der Waals surface area contributed by atoms with Gasteiger partial charge in [-0.1, -0.05) is 12.1 Å². The Morgan fingerprint density at radius 3 is 2.72 bits per heavy atom. The number of ether oxygens (including phenoxy) is 1. The van der Waals surface area contributed by atoms with Crippen molar-refractivity contribution in [3.8, 4) is 0 Å². The molecule has 2 rings (SSSR count). The van der Waals surface area contributed by atoms with Gasteiger partial charge in [-0.2, -0.15) is 0 Å². The Morgan fingerprint density at radius 1 is 1.22 bits per heavy atom. The second-order valence-electron chi connectivity index (χ2n) is 5.19. The van der Waals surface area contributed by atoms with Crippen LogP contribution in [0.1, 0.15) is 22.3 Å². The Labute approximate surface area is 110 Å². The lowest BCUT2D eigenvalue weighted by atomic mass is 10.0. The maximum Gasteiger partial charge on any atom is 0.0824 e. The average molecular weight is 248 g/mol. The van der Waals surface area contributed by atoms with E-state index >= 15 is 0 Å². The molecule has 100 valence electrons. The second kappa shape index (κ2) is 6.32. The average Bonchev–Trinajstić information content (AvgIpc) is 2.37. The number of rotatable bonds is 4. The van der Waals surface area contributed by atoms with E-state index in [4.69, 9.17) is 4.74 Å². The maximum absolute atomic E-state index is 5.66. The van der Waals surface area contributed by atoms with Crippen molar-refractivity contribution in [3.05, 3.63) is 34.4 Å². The Morgan fingerprint density at radius 2 is 2.00 bits per heavy atom. The number of aryl methyl sites for hydroxylation is 3. The third kappa shape index (κ3) is 3.55. The molecule has 0 spiro atoms. The van der Waals surface area contributed by atoms with Gasteiger partial charge < -0.3 is 15.4 Å². The van der Waals surface area contributed by atoms with Crippen LogP contribution in [-0.4, -0.2) is 32.3 Å². The summed E-state index contributed by atoms with van der Waals surface area (Å²) in [5.74, 6) is 0. The Hall–Kier alpha value is -0.900. The molecule has 0 aliphatic carbocycles. The SMILES string of the molecule is Cc1cc(C)c(CNCC2CNCCO2)cc1C. The van der Waals surface area contributed by atoms with Crippen LogP contribution in [-0.2, 0) is 11.3 Å². The molecule has 1 saturated heterocycles. The van der Waals surface area contributed by atoms with Crippen LogP contribution in [0, 0.1) is 20.8 Å². The van der Waals surface area contributed by atoms with Gasteiger partial charge in [-0.3, -0.25) is 0 Å². The van der Waals surface area contributed by atoms with Crippen LogP contribution in [0.2, 0.25) is 0 Å². The molecule has 0 radical (unpaired) electrons. The fraction of sp³-hybridized carbons (Fsp3) is 0.600. The molecule has 0 aromatic heterocycles. The fourth-order valence-electron chi connectivity index (χ4n) is 2.33. The molecule has 1 aliphatic heterocycles. The number of nitrogens with one attached hydrogen (secondary N) is 2. The molecule has 1 aromatic rings. The maximum atomic E-state index is 5.66. The zero-order valence-corrected chi connectivity index (χ0v) is 11.7. The molecular formula is C15H24N2O. The summed E-state index contributed by atoms with van der Waals surface area (Å²) in [6, 6.07) is 4.56. The Kier molecular flexibility index (Phi) is 4.75. The van der Waals surface area contributed by atoms with Gasteiger partial charge in [-0.25, -0.2) is 0 Å². The first-order valence-corrected chi connectivity index (χ1v) is 6.76. The van der Waals surface area contributed by atoms with Crippen LogP contribution < -0.4 is 10.6 Å². The first kappa shape index (κ1) is 13.5. The quantitative estimate of drug-likeness (QED) is 0.851. The summed E-state index contributed by atoms with van der Waals surface area (Å²) in [6.07, 6.45) is 0.311. The van der Waals surface area contributed by atoms with Crippen molar-refractivity contribution < 1.29 is 4.74 Å². The van der Waals surface area contributed by atoms with E-state index in [9.17, 15) is 0 Å². The van der Waals surface area contributed by atoms with E-state index in [1.54, 1.807) is 0 Å². The third-order valence-corrected chi connectivity index (χ3v) is 3.64. The topological polar surface area (TPSA) is 33.3 Å². The molecule has 0 amide bonds. The van der Waals surface area contributed by atoms with Crippen molar-refractivity contribution in [2.45, 2.75) is 33.4 Å². The van der Waals surface area contributed by atoms with Gasteiger partial charge in [0.2, 0.25) is 0 Å². The first-order valence-electron chi connectivity index (χ1n) is 6.76. The highest BCUT2D eigenvalue weighted by Gasteiger charge is 2.12. The van der Waals surface area contributed by atoms with Gasteiger partial charge in [-0.15, -0.1) is 0 Å². The van der Waals surface area contributed by atoms with Crippen LogP contribution in [0.3, 0.4) is 0 Å². The fourth-order valence-corrected chi connectivity index (χ4v) is 2.33. The largest absolute Gasteiger partial charge is 0.374 e. The van der Waals surface area contributed by atoms with E-state index in [0.717, 1.165) is 32.8 Å². The minimum atomic E-state index is 0.311. The Bertz CT molecular complexity index is 398. The van der Waals surface area contributed by atoms with Crippen LogP contribution in [0.25, 0.3) is 0 Å². The predicted octanol–water partition coefficient (Wildman–Crippen LogP) is 1.69. The van der Waals surface area contributed by atoms with Gasteiger partial charge in [0.05, 0.1) is 12.7 Å². The minimum absolute atomic E-state index is 0.311. The van der Waals surface area contributed by atoms with Crippen molar-refractivity contribution in [2.24, 2.45) is 0 Å². The molecule has 1 aromatic carbocycles. The van der Waals surface area contributed by atoms with Crippen molar-refractivity contribution in [3.63, 3.8) is 0 Å². The molecule has 1 aliphatic rings. The van der Waals surface area contributed by atoms with Crippen LogP contribution in [0.15, 0.2) is 12.1 Å². The summed E-state index contributed by atoms with van der Waals surface area (Å²) in [5.41, 5.74) is 5.50. The first-order chi connectivity index (χ1) is 8.66. The smallest absolute Gasteiger partial charge is 0.0824 e. The molecule has 1 fully saturated rings. The van der Waals surface area contributed by atoms with E-state index in [1.807, 2.05) is 0 Å². The number of morpholine rings is 1. The summed E-state index contributed by atoms with van der Waals surface area (Å²) in [4.78, 5) is 0. The van der Waals surface area contributed by atoms with Gasteiger partial charge in [0.15, 0.2) is 0 Å². The van der Waals surface area contributed by atoms with Crippen molar-refractivity contribution >= 4 is 0 Å². The molecular weight excluding hydrogens is 224 g/mol. The van der Waals surface area contributed by atoms with Crippen molar-refractivity contribution in [1.29, 1.82) is 0 Å². The molecule has 18 heavy (non-hydrogen) atoms. The summed E-state index contributed by atoms with van der Waals surface area (Å²) >= 11 is 0. The van der Waals surface area contributed by atoms with Gasteiger partial charge in [-0.05, 0) is 43.0 Å². The normalized spacial score (nSPS) is 20.1. The van der Waals surface area contributed by atoms with E-state index < -0.39 is 0 Å². The van der Waals surface area contributed by atoms with E-state index in [0.29, 0.717) is 6.10 Å². The van der Waals surface area contributed by atoms with Gasteiger partial charge >= 0.3 is 0 Å². The molecule has 0 saturated carbocycles. The highest BCUT2D eigenvalue weighted by Crippen LogP contribution is 2.15. The number of benzene rings is 1. The summed E-state index contributed by atoms with van der Waals surface area (Å²) in [7, 11) is 0. The molecule has 1 atom stereocenters. The second-order valence-corrected chi connectivity index (χ2v) is 5.19. The zero-order valence-electron chi connectivity index (χ0n) is 11.7. The van der Waals surface area contributed by atoms with E-state index in [-0.39, 0.29) is 0 Å². The van der Waals surface area contributed by atoms with Gasteiger partial charge in [0.25, 0.3) is 0 Å². The van der Waals surface area contributed by atoms with E-state index in [1.165, 1.54) is 22.3 Å². The van der Waals surface area contributed by atoms with Crippen LogP contribution >= 0.6 is 0 Å². The monoisotopic (exact) mass is 248 g/mol. The van der Waals surface area contributed by atoms with Crippen LogP contribution in [0.5, 0.6) is 0 Å². The van der Waals surface area contributed by atoms with Crippen LogP contribution in [0.4, 0.5) is 0 Å². The molecule has 0 bridgehead atoms. The Balaban J connectivity index is 1.84. The molecule has 3 heteroatoms. The number of hydrogen-bond donors (Lipinski definition) is 2. The predicted molar refractivity (Wildman–Crippen MR) is 75.0 cm³/mol. The van der Waals surface area contributed by atoms with E-state index in [2.05, 4.69) is 43.5 Å². The number of hydrogen-bond acceptors (Lipinski definition) is 3. The summed E-state index contributed by atoms with van der Waals surface area (Å²) < 4.78 is 5.66. The molecule has 1 unspecified atom stereocenters. The van der Waals surface area contributed by atoms with Crippen molar-refractivity contribution in [1.82, 2.24) is 10.6 Å². The standard InChI is InChI=1S/C15H24N2O/c1-11-6-13(3)14(7-12(11)2)8-17-10-15-9-16-4-5-18-15/h6-7,15-17H,4-5,8-10H2,1-3H3. The molecule has 3 nitrogen and oxygen atoms in total. The third-order valence-electron chi connectivity index (χ3n) is 3.64. The highest BCUT2D eigenvalue weighted by atomic mass is 16.5. The van der Waals surface area contributed by atoms with Gasteiger partial charge in [0, 0.05) is 26.2 Å². The molecule has 1 heterocycles.